The van der Waals surface area contributed by atoms with Crippen LogP contribution in [0.2, 0.25) is 0 Å². The van der Waals surface area contributed by atoms with Crippen LogP contribution in [-0.4, -0.2) is 0 Å². The summed E-state index contributed by atoms with van der Waals surface area (Å²) in [5, 5.41) is 0. The standard InChI is InChI=1S/C15H26/c1-3-5-7-9-11-13-15-14-12-10-8-6-4-2/h5,9,11H,1,4,6-8,10,12-15H2,2H3. The maximum Gasteiger partial charge on any atom is -0.00932 e. The molecule has 0 amide bonds. The van der Waals surface area contributed by atoms with Crippen molar-refractivity contribution in [2.45, 2.75) is 64.7 Å². The molecule has 0 nitrogen and oxygen atoms in total. The summed E-state index contributed by atoms with van der Waals surface area (Å²) >= 11 is 0. The molecule has 0 spiro atoms. The molecule has 0 aliphatic carbocycles. The SMILES string of the molecule is C=C=CCC=CCCCCCCCCC. The third-order valence-electron chi connectivity index (χ3n) is 2.54. The molecular formula is C15H26. The van der Waals surface area contributed by atoms with Crippen molar-refractivity contribution < 1.29 is 0 Å². The maximum atomic E-state index is 3.53. The van der Waals surface area contributed by atoms with Gasteiger partial charge in [0.2, 0.25) is 0 Å². The highest BCUT2D eigenvalue weighted by molar-refractivity contribution is 4.90. The largest absolute Gasteiger partial charge is 0.133 e. The molecule has 0 radical (unpaired) electrons. The highest BCUT2D eigenvalue weighted by atomic mass is 13.9. The van der Waals surface area contributed by atoms with E-state index in [4.69, 9.17) is 0 Å². The Kier molecular flexibility index (Phi) is 12.6. The molecule has 0 saturated heterocycles. The summed E-state index contributed by atoms with van der Waals surface area (Å²) < 4.78 is 0. The normalized spacial score (nSPS) is 10.5. The molecule has 0 bridgehead atoms. The Balaban J connectivity index is 3.04. The minimum absolute atomic E-state index is 0.986. The summed E-state index contributed by atoms with van der Waals surface area (Å²) in [7, 11) is 0. The Morgan fingerprint density at radius 3 is 2.27 bits per heavy atom. The van der Waals surface area contributed by atoms with Crippen LogP contribution in [0.25, 0.3) is 0 Å². The number of hydrogen-bond acceptors (Lipinski definition) is 0. The number of unbranched alkanes of at least 4 members (excludes halogenated alkanes) is 7. The van der Waals surface area contributed by atoms with Gasteiger partial charge in [-0.05, 0) is 25.3 Å². The predicted octanol–water partition coefficient (Wildman–Crippen LogP) is 5.41. The van der Waals surface area contributed by atoms with Crippen LogP contribution in [0.5, 0.6) is 0 Å². The minimum Gasteiger partial charge on any atom is -0.133 e. The molecule has 15 heavy (non-hydrogen) atoms. The molecule has 0 heterocycles. The topological polar surface area (TPSA) is 0 Å². The van der Waals surface area contributed by atoms with E-state index in [1.165, 1.54) is 51.4 Å². The van der Waals surface area contributed by atoms with E-state index in [1.54, 1.807) is 0 Å². The molecule has 0 aromatic rings. The van der Waals surface area contributed by atoms with Crippen LogP contribution in [0.4, 0.5) is 0 Å². The molecule has 0 rings (SSSR count). The quantitative estimate of drug-likeness (QED) is 0.254. The van der Waals surface area contributed by atoms with E-state index >= 15 is 0 Å². The van der Waals surface area contributed by atoms with Gasteiger partial charge in [0, 0.05) is 0 Å². The van der Waals surface area contributed by atoms with Crippen LogP contribution in [0.1, 0.15) is 64.7 Å². The lowest BCUT2D eigenvalue weighted by molar-refractivity contribution is 0.592. The van der Waals surface area contributed by atoms with Gasteiger partial charge in [0.25, 0.3) is 0 Å². The fraction of sp³-hybridized carbons (Fsp3) is 0.667. The summed E-state index contributed by atoms with van der Waals surface area (Å²) in [6.07, 6.45) is 18.4. The van der Waals surface area contributed by atoms with Gasteiger partial charge in [0.1, 0.15) is 0 Å². The second-order valence-electron chi connectivity index (χ2n) is 4.03. The fourth-order valence-electron chi connectivity index (χ4n) is 1.58. The summed E-state index contributed by atoms with van der Waals surface area (Å²) in [5.41, 5.74) is 2.77. The second-order valence-corrected chi connectivity index (χ2v) is 4.03. The zero-order valence-corrected chi connectivity index (χ0v) is 10.3. The molecule has 0 aromatic carbocycles. The average molecular weight is 206 g/mol. The Labute approximate surface area is 95.8 Å². The molecule has 0 saturated carbocycles. The van der Waals surface area contributed by atoms with Crippen molar-refractivity contribution in [2.75, 3.05) is 0 Å². The van der Waals surface area contributed by atoms with E-state index in [-0.39, 0.29) is 0 Å². The Morgan fingerprint density at radius 1 is 0.933 bits per heavy atom. The zero-order chi connectivity index (χ0) is 11.2. The van der Waals surface area contributed by atoms with Crippen molar-refractivity contribution in [1.29, 1.82) is 0 Å². The van der Waals surface area contributed by atoms with Gasteiger partial charge in [-0.3, -0.25) is 0 Å². The van der Waals surface area contributed by atoms with Crippen molar-refractivity contribution in [3.05, 3.63) is 30.5 Å². The van der Waals surface area contributed by atoms with E-state index in [2.05, 4.69) is 31.4 Å². The van der Waals surface area contributed by atoms with Crippen molar-refractivity contribution in [3.63, 3.8) is 0 Å². The lowest BCUT2D eigenvalue weighted by atomic mass is 10.1. The van der Waals surface area contributed by atoms with Gasteiger partial charge in [-0.25, -0.2) is 0 Å². The molecule has 0 aliphatic heterocycles. The number of hydrogen-bond donors (Lipinski definition) is 0. The minimum atomic E-state index is 0.986. The molecule has 0 fully saturated rings. The van der Waals surface area contributed by atoms with E-state index in [0.717, 1.165) is 6.42 Å². The first-order valence-corrected chi connectivity index (χ1v) is 6.41. The van der Waals surface area contributed by atoms with Gasteiger partial charge >= 0.3 is 0 Å². The average Bonchev–Trinajstić information content (AvgIpc) is 2.26. The molecular weight excluding hydrogens is 180 g/mol. The first-order valence-electron chi connectivity index (χ1n) is 6.41. The number of rotatable bonds is 10. The van der Waals surface area contributed by atoms with Crippen LogP contribution >= 0.6 is 0 Å². The molecule has 0 aliphatic rings. The lowest BCUT2D eigenvalue weighted by Gasteiger charge is -1.98. The highest BCUT2D eigenvalue weighted by Gasteiger charge is 1.88. The third kappa shape index (κ3) is 13.3. The van der Waals surface area contributed by atoms with Crippen molar-refractivity contribution in [3.8, 4) is 0 Å². The van der Waals surface area contributed by atoms with E-state index in [9.17, 15) is 0 Å². The molecule has 86 valence electrons. The summed E-state index contributed by atoms with van der Waals surface area (Å²) in [6, 6.07) is 0. The van der Waals surface area contributed by atoms with Crippen molar-refractivity contribution in [2.24, 2.45) is 0 Å². The first-order chi connectivity index (χ1) is 7.41. The summed E-state index contributed by atoms with van der Waals surface area (Å²) in [5.74, 6) is 0. The first kappa shape index (κ1) is 14.3. The zero-order valence-electron chi connectivity index (χ0n) is 10.3. The van der Waals surface area contributed by atoms with Crippen LogP contribution in [-0.2, 0) is 0 Å². The van der Waals surface area contributed by atoms with Gasteiger partial charge < -0.3 is 0 Å². The van der Waals surface area contributed by atoms with Crippen LogP contribution in [0.15, 0.2) is 30.5 Å². The summed E-state index contributed by atoms with van der Waals surface area (Å²) in [6.45, 7) is 5.80. The monoisotopic (exact) mass is 206 g/mol. The maximum absolute atomic E-state index is 3.53. The Morgan fingerprint density at radius 2 is 1.60 bits per heavy atom. The Bertz CT molecular complexity index is 182. The molecule has 0 atom stereocenters. The molecule has 0 aromatic heterocycles. The van der Waals surface area contributed by atoms with E-state index in [1.807, 2.05) is 6.08 Å². The van der Waals surface area contributed by atoms with E-state index in [0.29, 0.717) is 0 Å². The smallest absolute Gasteiger partial charge is 0.00932 e. The predicted molar refractivity (Wildman–Crippen MR) is 70.1 cm³/mol. The summed E-state index contributed by atoms with van der Waals surface area (Å²) in [4.78, 5) is 0. The Hall–Kier alpha value is -0.740. The fourth-order valence-corrected chi connectivity index (χ4v) is 1.58. The third-order valence-corrected chi connectivity index (χ3v) is 2.54. The van der Waals surface area contributed by atoms with Crippen LogP contribution in [0, 0.1) is 0 Å². The van der Waals surface area contributed by atoms with Gasteiger partial charge in [0.15, 0.2) is 0 Å². The van der Waals surface area contributed by atoms with Gasteiger partial charge in [-0.15, -0.1) is 5.73 Å². The highest BCUT2D eigenvalue weighted by Crippen LogP contribution is 2.08. The molecule has 0 heteroatoms. The van der Waals surface area contributed by atoms with Gasteiger partial charge in [0.05, 0.1) is 0 Å². The molecule has 0 unspecified atom stereocenters. The van der Waals surface area contributed by atoms with Crippen LogP contribution < -0.4 is 0 Å². The van der Waals surface area contributed by atoms with Crippen molar-refractivity contribution >= 4 is 0 Å². The van der Waals surface area contributed by atoms with Crippen LogP contribution in [0.3, 0.4) is 0 Å². The van der Waals surface area contributed by atoms with E-state index < -0.39 is 0 Å². The number of allylic oxidation sites excluding steroid dienone is 3. The van der Waals surface area contributed by atoms with Gasteiger partial charge in [-0.1, -0.05) is 64.2 Å². The molecule has 0 N–H and O–H groups in total. The lowest BCUT2D eigenvalue weighted by Crippen LogP contribution is -1.78. The van der Waals surface area contributed by atoms with Gasteiger partial charge in [-0.2, -0.15) is 0 Å². The second kappa shape index (κ2) is 13.3. The van der Waals surface area contributed by atoms with Crippen molar-refractivity contribution in [1.82, 2.24) is 0 Å².